The SMILES string of the molecule is O=C(CCCC[C@@H]1SC[C@@H]2NC(=O)N[C@@H]21)NCCOCCOCCN1C(=O)C(Cl)=C(Cl)C1=O. The van der Waals surface area contributed by atoms with E-state index in [1.54, 1.807) is 0 Å². The van der Waals surface area contributed by atoms with Gasteiger partial charge in [0.15, 0.2) is 0 Å². The Morgan fingerprint density at radius 1 is 1.03 bits per heavy atom. The summed E-state index contributed by atoms with van der Waals surface area (Å²) in [5, 5.41) is 8.60. The molecule has 0 spiro atoms. The largest absolute Gasteiger partial charge is 0.377 e. The van der Waals surface area contributed by atoms with Crippen molar-refractivity contribution in [2.24, 2.45) is 0 Å². The van der Waals surface area contributed by atoms with Crippen LogP contribution in [0.3, 0.4) is 0 Å². The molecule has 13 heteroatoms. The van der Waals surface area contributed by atoms with Gasteiger partial charge in [-0.05, 0) is 12.8 Å². The van der Waals surface area contributed by atoms with Crippen molar-refractivity contribution in [3.05, 3.63) is 10.1 Å². The van der Waals surface area contributed by atoms with Crippen molar-refractivity contribution >= 4 is 58.7 Å². The molecule has 3 aliphatic heterocycles. The van der Waals surface area contributed by atoms with E-state index in [2.05, 4.69) is 16.0 Å². The third kappa shape index (κ3) is 7.22. The first-order chi connectivity index (χ1) is 15.9. The number of imide groups is 1. The fraction of sp³-hybridized carbons (Fsp3) is 0.700. The maximum atomic E-state index is 11.9. The molecule has 3 atom stereocenters. The van der Waals surface area contributed by atoms with Gasteiger partial charge >= 0.3 is 6.03 Å². The topological polar surface area (TPSA) is 126 Å². The highest BCUT2D eigenvalue weighted by Crippen LogP contribution is 2.33. The van der Waals surface area contributed by atoms with Crippen molar-refractivity contribution in [1.29, 1.82) is 0 Å². The van der Waals surface area contributed by atoms with Gasteiger partial charge in [0.25, 0.3) is 11.8 Å². The van der Waals surface area contributed by atoms with E-state index < -0.39 is 11.8 Å². The number of halogens is 2. The molecule has 3 rings (SSSR count). The summed E-state index contributed by atoms with van der Waals surface area (Å²) in [5.41, 5.74) is 0. The molecule has 3 aliphatic rings. The molecule has 0 unspecified atom stereocenters. The fourth-order valence-corrected chi connectivity index (χ4v) is 5.73. The Balaban J connectivity index is 1.11. The molecule has 0 aromatic carbocycles. The van der Waals surface area contributed by atoms with E-state index in [9.17, 15) is 19.2 Å². The molecular formula is C20H28Cl2N4O6S. The number of hydrogen-bond donors (Lipinski definition) is 3. The van der Waals surface area contributed by atoms with Crippen LogP contribution in [0.15, 0.2) is 10.1 Å². The molecule has 0 bridgehead atoms. The highest BCUT2D eigenvalue weighted by molar-refractivity contribution is 8.00. The summed E-state index contributed by atoms with van der Waals surface area (Å²) >= 11 is 13.2. The number of nitrogens with zero attached hydrogens (tertiary/aromatic N) is 1. The molecule has 2 fully saturated rings. The van der Waals surface area contributed by atoms with Crippen LogP contribution >= 0.6 is 35.0 Å². The second-order valence-corrected chi connectivity index (χ2v) is 9.86. The van der Waals surface area contributed by atoms with Crippen molar-refractivity contribution in [3.63, 3.8) is 0 Å². The highest BCUT2D eigenvalue weighted by Gasteiger charge is 2.42. The van der Waals surface area contributed by atoms with E-state index >= 15 is 0 Å². The highest BCUT2D eigenvalue weighted by atomic mass is 35.5. The lowest BCUT2D eigenvalue weighted by Crippen LogP contribution is -2.36. The van der Waals surface area contributed by atoms with Crippen molar-refractivity contribution in [2.75, 3.05) is 45.3 Å². The van der Waals surface area contributed by atoms with Crippen LogP contribution < -0.4 is 16.0 Å². The fourth-order valence-electron chi connectivity index (χ4n) is 3.82. The zero-order chi connectivity index (χ0) is 23.8. The van der Waals surface area contributed by atoms with E-state index in [-0.39, 0.29) is 53.8 Å². The lowest BCUT2D eigenvalue weighted by molar-refractivity contribution is -0.138. The van der Waals surface area contributed by atoms with Crippen LogP contribution in [0.4, 0.5) is 4.79 Å². The van der Waals surface area contributed by atoms with Gasteiger partial charge in [0.1, 0.15) is 10.1 Å². The molecule has 3 heterocycles. The normalized spacial score (nSPS) is 24.4. The van der Waals surface area contributed by atoms with Gasteiger partial charge in [0.2, 0.25) is 5.91 Å². The first-order valence-electron chi connectivity index (χ1n) is 10.9. The van der Waals surface area contributed by atoms with Gasteiger partial charge in [-0.25, -0.2) is 4.79 Å². The van der Waals surface area contributed by atoms with E-state index in [1.807, 2.05) is 11.8 Å². The second kappa shape index (κ2) is 12.8. The zero-order valence-corrected chi connectivity index (χ0v) is 20.4. The van der Waals surface area contributed by atoms with E-state index in [1.165, 1.54) is 0 Å². The predicted molar refractivity (Wildman–Crippen MR) is 124 cm³/mol. The molecule has 33 heavy (non-hydrogen) atoms. The summed E-state index contributed by atoms with van der Waals surface area (Å²) in [6.07, 6.45) is 3.21. The number of amides is 5. The number of ether oxygens (including phenoxy) is 2. The summed E-state index contributed by atoms with van der Waals surface area (Å²) in [6, 6.07) is 0.360. The summed E-state index contributed by atoms with van der Waals surface area (Å²) in [7, 11) is 0. The van der Waals surface area contributed by atoms with Crippen molar-refractivity contribution in [2.45, 2.75) is 43.0 Å². The van der Waals surface area contributed by atoms with Crippen molar-refractivity contribution in [1.82, 2.24) is 20.9 Å². The predicted octanol–water partition coefficient (Wildman–Crippen LogP) is 0.920. The second-order valence-electron chi connectivity index (χ2n) is 7.83. The molecule has 0 saturated carbocycles. The minimum absolute atomic E-state index is 0.00600. The molecule has 0 aromatic rings. The molecule has 184 valence electrons. The van der Waals surface area contributed by atoms with E-state index in [4.69, 9.17) is 32.7 Å². The third-order valence-corrected chi connectivity index (χ3v) is 7.85. The van der Waals surface area contributed by atoms with Gasteiger partial charge in [-0.1, -0.05) is 29.6 Å². The lowest BCUT2D eigenvalue weighted by Gasteiger charge is -2.16. The standard InChI is InChI=1S/C20H28Cl2N4O6S/c21-15-16(22)19(29)26(18(15)28)6-8-32-10-9-31-7-5-23-14(27)4-2-1-3-13-17-12(11-33-13)24-20(30)25-17/h12-13,17H,1-11H2,(H,23,27)(H2,24,25,30)/t12-,13-,17-/m0/s1. The van der Waals surface area contributed by atoms with Crippen LogP contribution in [-0.4, -0.2) is 91.3 Å². The summed E-state index contributed by atoms with van der Waals surface area (Å²) in [4.78, 5) is 47.7. The number of nitrogens with one attached hydrogen (secondary N) is 3. The van der Waals surface area contributed by atoms with Gasteiger partial charge in [-0.3, -0.25) is 19.3 Å². The van der Waals surface area contributed by atoms with Gasteiger partial charge in [-0.15, -0.1) is 0 Å². The number of rotatable bonds is 14. The maximum Gasteiger partial charge on any atom is 0.315 e. The molecule has 0 radical (unpaired) electrons. The van der Waals surface area contributed by atoms with Crippen LogP contribution in [0, 0.1) is 0 Å². The Kier molecular flexibility index (Phi) is 10.1. The molecule has 10 nitrogen and oxygen atoms in total. The van der Waals surface area contributed by atoms with Crippen LogP contribution in [-0.2, 0) is 23.9 Å². The third-order valence-electron chi connectivity index (χ3n) is 5.54. The number of fused-ring (bicyclic) bond motifs is 1. The minimum atomic E-state index is -0.618. The summed E-state index contributed by atoms with van der Waals surface area (Å²) < 4.78 is 10.7. The Morgan fingerprint density at radius 3 is 2.45 bits per heavy atom. The molecular weight excluding hydrogens is 495 g/mol. The van der Waals surface area contributed by atoms with Crippen molar-refractivity contribution < 1.29 is 28.7 Å². The quantitative estimate of drug-likeness (QED) is 0.176. The van der Waals surface area contributed by atoms with E-state index in [0.29, 0.717) is 31.4 Å². The smallest absolute Gasteiger partial charge is 0.315 e. The Hall–Kier alpha value is -1.53. The Morgan fingerprint density at radius 2 is 1.73 bits per heavy atom. The van der Waals surface area contributed by atoms with Gasteiger partial charge in [0, 0.05) is 24.0 Å². The number of hydrogen-bond acceptors (Lipinski definition) is 7. The summed E-state index contributed by atoms with van der Waals surface area (Å²) in [5.74, 6) is -0.298. The van der Waals surface area contributed by atoms with Gasteiger partial charge in [-0.2, -0.15) is 11.8 Å². The number of carbonyl (C=O) groups excluding carboxylic acids is 4. The molecule has 0 aliphatic carbocycles. The van der Waals surface area contributed by atoms with E-state index in [0.717, 1.165) is 29.9 Å². The average molecular weight is 523 g/mol. The number of urea groups is 1. The van der Waals surface area contributed by atoms with Gasteiger partial charge in [0.05, 0.1) is 45.1 Å². The van der Waals surface area contributed by atoms with Crippen LogP contribution in [0.1, 0.15) is 25.7 Å². The first-order valence-corrected chi connectivity index (χ1v) is 12.7. The number of unbranched alkanes of at least 4 members (excludes halogenated alkanes) is 1. The van der Waals surface area contributed by atoms with Gasteiger partial charge < -0.3 is 25.4 Å². The number of thioether (sulfide) groups is 1. The Labute approximate surface area is 206 Å². The lowest BCUT2D eigenvalue weighted by atomic mass is 10.0. The molecule has 3 N–H and O–H groups in total. The van der Waals surface area contributed by atoms with Crippen LogP contribution in [0.5, 0.6) is 0 Å². The first kappa shape index (κ1) is 26.1. The zero-order valence-electron chi connectivity index (χ0n) is 18.1. The van der Waals surface area contributed by atoms with Crippen LogP contribution in [0.2, 0.25) is 0 Å². The molecule has 0 aromatic heterocycles. The number of carbonyl (C=O) groups is 4. The monoisotopic (exact) mass is 522 g/mol. The maximum absolute atomic E-state index is 11.9. The average Bonchev–Trinajstić information content (AvgIpc) is 3.40. The van der Waals surface area contributed by atoms with Crippen molar-refractivity contribution in [3.8, 4) is 0 Å². The molecule has 5 amide bonds. The Bertz CT molecular complexity index is 775. The molecule has 2 saturated heterocycles. The van der Waals surface area contributed by atoms with Crippen LogP contribution in [0.25, 0.3) is 0 Å². The minimum Gasteiger partial charge on any atom is -0.377 e. The summed E-state index contributed by atoms with van der Waals surface area (Å²) in [6.45, 7) is 1.60.